The van der Waals surface area contributed by atoms with Crippen molar-refractivity contribution in [3.63, 3.8) is 0 Å². The van der Waals surface area contributed by atoms with Crippen LogP contribution in [0.25, 0.3) is 0 Å². The highest BCUT2D eigenvalue weighted by Gasteiger charge is 2.29. The van der Waals surface area contributed by atoms with E-state index in [4.69, 9.17) is 11.6 Å². The molecule has 1 fully saturated rings. The number of carbonyl (C=O) groups is 2. The molecule has 29 heavy (non-hydrogen) atoms. The summed E-state index contributed by atoms with van der Waals surface area (Å²) in [6.45, 7) is 6.88. The third kappa shape index (κ3) is 5.70. The molecule has 7 heteroatoms. The van der Waals surface area contributed by atoms with Crippen LogP contribution in [-0.4, -0.2) is 53.9 Å². The highest BCUT2D eigenvalue weighted by Crippen LogP contribution is 2.17. The third-order valence-corrected chi connectivity index (χ3v) is 5.29. The van der Waals surface area contributed by atoms with Gasteiger partial charge in [-0.3, -0.25) is 14.6 Å². The zero-order valence-corrected chi connectivity index (χ0v) is 17.6. The van der Waals surface area contributed by atoms with Gasteiger partial charge < -0.3 is 15.1 Å². The molecule has 1 saturated heterocycles. The van der Waals surface area contributed by atoms with E-state index in [0.29, 0.717) is 30.1 Å². The van der Waals surface area contributed by atoms with Crippen LogP contribution in [0.5, 0.6) is 0 Å². The van der Waals surface area contributed by atoms with Gasteiger partial charge in [-0.25, -0.2) is 0 Å². The number of aromatic nitrogens is 1. The maximum atomic E-state index is 13.2. The average Bonchev–Trinajstić information content (AvgIpc) is 2.73. The van der Waals surface area contributed by atoms with Crippen LogP contribution < -0.4 is 10.2 Å². The summed E-state index contributed by atoms with van der Waals surface area (Å²) in [4.78, 5) is 33.9. The SMILES string of the molecule is CC(C)C[C@H](NC(=O)c1ccc(Cl)cc1)C(=O)N1CCN(c2ccncc2)CC1. The maximum absolute atomic E-state index is 13.2. The van der Waals surface area contributed by atoms with Gasteiger partial charge in [0.1, 0.15) is 6.04 Å². The summed E-state index contributed by atoms with van der Waals surface area (Å²) in [5.74, 6) is 0.0130. The molecule has 2 heterocycles. The summed E-state index contributed by atoms with van der Waals surface area (Å²) in [7, 11) is 0. The number of amides is 2. The van der Waals surface area contributed by atoms with Crippen molar-refractivity contribution in [1.29, 1.82) is 0 Å². The minimum atomic E-state index is -0.536. The van der Waals surface area contributed by atoms with E-state index >= 15 is 0 Å². The number of pyridine rings is 1. The Hall–Kier alpha value is -2.60. The number of hydrogen-bond donors (Lipinski definition) is 1. The lowest BCUT2D eigenvalue weighted by atomic mass is 10.0. The van der Waals surface area contributed by atoms with Crippen LogP contribution in [0.1, 0.15) is 30.6 Å². The summed E-state index contributed by atoms with van der Waals surface area (Å²) in [6.07, 6.45) is 4.15. The van der Waals surface area contributed by atoms with E-state index < -0.39 is 6.04 Å². The molecule has 0 aliphatic carbocycles. The first kappa shape index (κ1) is 21.1. The standard InChI is InChI=1S/C22H27ClN4O2/c1-16(2)15-20(25-21(28)17-3-5-18(23)6-4-17)22(29)27-13-11-26(12-14-27)19-7-9-24-10-8-19/h3-10,16,20H,11-15H2,1-2H3,(H,25,28)/t20-/m0/s1. The summed E-state index contributed by atoms with van der Waals surface area (Å²) >= 11 is 5.90. The molecule has 6 nitrogen and oxygen atoms in total. The molecule has 1 N–H and O–H groups in total. The first-order valence-electron chi connectivity index (χ1n) is 9.94. The van der Waals surface area contributed by atoms with Crippen molar-refractivity contribution in [2.45, 2.75) is 26.3 Å². The molecule has 1 atom stereocenters. The third-order valence-electron chi connectivity index (χ3n) is 5.04. The smallest absolute Gasteiger partial charge is 0.251 e. The van der Waals surface area contributed by atoms with Gasteiger partial charge in [0.15, 0.2) is 0 Å². The molecule has 1 aliphatic rings. The van der Waals surface area contributed by atoms with Gasteiger partial charge in [0.2, 0.25) is 5.91 Å². The summed E-state index contributed by atoms with van der Waals surface area (Å²) in [5.41, 5.74) is 1.61. The summed E-state index contributed by atoms with van der Waals surface area (Å²) in [6, 6.07) is 10.1. The minimum absolute atomic E-state index is 0.0182. The number of carbonyl (C=O) groups excluding carboxylic acids is 2. The average molecular weight is 415 g/mol. The molecule has 1 aliphatic heterocycles. The molecule has 0 spiro atoms. The van der Waals surface area contributed by atoms with E-state index in [1.54, 1.807) is 36.7 Å². The van der Waals surface area contributed by atoms with Gasteiger partial charge in [-0.15, -0.1) is 0 Å². The fourth-order valence-electron chi connectivity index (χ4n) is 3.50. The Bertz CT molecular complexity index is 818. The monoisotopic (exact) mass is 414 g/mol. The number of halogens is 1. The maximum Gasteiger partial charge on any atom is 0.251 e. The summed E-state index contributed by atoms with van der Waals surface area (Å²) < 4.78 is 0. The summed E-state index contributed by atoms with van der Waals surface area (Å²) in [5, 5.41) is 3.50. The van der Waals surface area contributed by atoms with Crippen LogP contribution in [0.2, 0.25) is 5.02 Å². The number of anilines is 1. The van der Waals surface area contributed by atoms with E-state index in [1.165, 1.54) is 0 Å². The molecule has 0 radical (unpaired) electrons. The van der Waals surface area contributed by atoms with E-state index in [1.807, 2.05) is 17.0 Å². The van der Waals surface area contributed by atoms with Gasteiger partial charge >= 0.3 is 0 Å². The fraction of sp³-hybridized carbons (Fsp3) is 0.409. The quantitative estimate of drug-likeness (QED) is 0.788. The molecule has 0 bridgehead atoms. The van der Waals surface area contributed by atoms with Crippen molar-refractivity contribution in [2.24, 2.45) is 5.92 Å². The molecule has 2 aromatic rings. The Morgan fingerprint density at radius 2 is 1.66 bits per heavy atom. The molecule has 1 aromatic heterocycles. The lowest BCUT2D eigenvalue weighted by Crippen LogP contribution is -2.55. The van der Waals surface area contributed by atoms with Gasteiger partial charge in [0, 0.05) is 54.8 Å². The van der Waals surface area contributed by atoms with Crippen molar-refractivity contribution in [3.05, 3.63) is 59.4 Å². The topological polar surface area (TPSA) is 65.5 Å². The Balaban J connectivity index is 1.63. The van der Waals surface area contributed by atoms with Crippen LogP contribution in [0.3, 0.4) is 0 Å². The van der Waals surface area contributed by atoms with Crippen molar-refractivity contribution >= 4 is 29.1 Å². The van der Waals surface area contributed by atoms with E-state index in [0.717, 1.165) is 18.8 Å². The van der Waals surface area contributed by atoms with Crippen LogP contribution in [0, 0.1) is 5.92 Å². The Morgan fingerprint density at radius 1 is 1.03 bits per heavy atom. The highest BCUT2D eigenvalue weighted by molar-refractivity contribution is 6.30. The molecule has 2 amide bonds. The number of benzene rings is 1. The predicted molar refractivity (Wildman–Crippen MR) is 115 cm³/mol. The second-order valence-electron chi connectivity index (χ2n) is 7.68. The second kappa shape index (κ2) is 9.74. The molecule has 0 saturated carbocycles. The highest BCUT2D eigenvalue weighted by atomic mass is 35.5. The van der Waals surface area contributed by atoms with E-state index in [2.05, 4.69) is 29.0 Å². The molecule has 0 unspecified atom stereocenters. The van der Waals surface area contributed by atoms with Gasteiger partial charge in [0.25, 0.3) is 5.91 Å². The second-order valence-corrected chi connectivity index (χ2v) is 8.12. The number of piperazine rings is 1. The zero-order chi connectivity index (χ0) is 20.8. The largest absolute Gasteiger partial charge is 0.368 e. The Kier molecular flexibility index (Phi) is 7.09. The van der Waals surface area contributed by atoms with Crippen molar-refractivity contribution in [3.8, 4) is 0 Å². The number of nitrogens with zero attached hydrogens (tertiary/aromatic N) is 3. The first-order valence-corrected chi connectivity index (χ1v) is 10.3. The minimum Gasteiger partial charge on any atom is -0.368 e. The molecular weight excluding hydrogens is 388 g/mol. The van der Waals surface area contributed by atoms with Crippen LogP contribution >= 0.6 is 11.6 Å². The van der Waals surface area contributed by atoms with Gasteiger partial charge in [-0.2, -0.15) is 0 Å². The number of rotatable bonds is 6. The lowest BCUT2D eigenvalue weighted by molar-refractivity contribution is -0.134. The predicted octanol–water partition coefficient (Wildman–Crippen LogP) is 3.23. The number of hydrogen-bond acceptors (Lipinski definition) is 4. The molecule has 154 valence electrons. The zero-order valence-electron chi connectivity index (χ0n) is 16.8. The van der Waals surface area contributed by atoms with Gasteiger partial charge in [0.05, 0.1) is 0 Å². The van der Waals surface area contributed by atoms with Crippen molar-refractivity contribution in [2.75, 3.05) is 31.1 Å². The normalized spacial score (nSPS) is 15.3. The van der Waals surface area contributed by atoms with Crippen molar-refractivity contribution in [1.82, 2.24) is 15.2 Å². The van der Waals surface area contributed by atoms with E-state index in [-0.39, 0.29) is 17.7 Å². The Labute approximate surface area is 176 Å². The van der Waals surface area contributed by atoms with Crippen LogP contribution in [0.4, 0.5) is 5.69 Å². The molecular formula is C22H27ClN4O2. The molecule has 1 aromatic carbocycles. The van der Waals surface area contributed by atoms with Gasteiger partial charge in [-0.05, 0) is 48.7 Å². The first-order chi connectivity index (χ1) is 13.9. The fourth-order valence-corrected chi connectivity index (χ4v) is 3.62. The number of nitrogens with one attached hydrogen (secondary N) is 1. The molecule has 3 rings (SSSR count). The van der Waals surface area contributed by atoms with Crippen LogP contribution in [0.15, 0.2) is 48.8 Å². The van der Waals surface area contributed by atoms with E-state index in [9.17, 15) is 9.59 Å². The van der Waals surface area contributed by atoms with Gasteiger partial charge in [-0.1, -0.05) is 25.4 Å². The van der Waals surface area contributed by atoms with Crippen LogP contribution in [-0.2, 0) is 4.79 Å². The lowest BCUT2D eigenvalue weighted by Gasteiger charge is -2.37. The van der Waals surface area contributed by atoms with Crippen molar-refractivity contribution < 1.29 is 9.59 Å². The Morgan fingerprint density at radius 3 is 2.24 bits per heavy atom.